The molecule has 0 saturated heterocycles. The number of rotatable bonds is 10. The number of amides is 2. The van der Waals surface area contributed by atoms with Gasteiger partial charge in [-0.25, -0.2) is 13.8 Å². The quantitative estimate of drug-likeness (QED) is 0.142. The number of nitrogens with one attached hydrogen (secondary N) is 2. The Bertz CT molecular complexity index is 1620. The van der Waals surface area contributed by atoms with Gasteiger partial charge in [0.1, 0.15) is 11.5 Å². The third kappa shape index (κ3) is 8.14. The van der Waals surface area contributed by atoms with Crippen molar-refractivity contribution in [1.29, 1.82) is 0 Å². The Balaban J connectivity index is 1.40. The van der Waals surface area contributed by atoms with E-state index in [2.05, 4.69) is 29.7 Å². The molecule has 2 amide bonds. The van der Waals surface area contributed by atoms with E-state index in [0.717, 1.165) is 11.1 Å². The standard InChI is InChI=1S/C30H29ClN4O5S/c1-21(2)23-8-12-25(13-9-23)33-29(36)30(37)34-32-18-26-14-15-27(40-26)20-35(19-22-6-4-3-5-7-22)41(38,39)28-16-10-24(31)11-17-28/h3-18,21H,19-20H2,1-2H3,(H,33,36)(H,34,37)/b32-18+. The molecule has 4 aromatic rings. The summed E-state index contributed by atoms with van der Waals surface area (Å²) in [5.74, 6) is -0.866. The number of carbonyl (C=O) groups is 2. The average molecular weight is 593 g/mol. The lowest BCUT2D eigenvalue weighted by molar-refractivity contribution is -0.136. The minimum Gasteiger partial charge on any atom is -0.459 e. The van der Waals surface area contributed by atoms with E-state index in [0.29, 0.717) is 22.4 Å². The molecule has 9 nitrogen and oxygen atoms in total. The molecule has 0 fully saturated rings. The normalized spacial score (nSPS) is 11.7. The molecule has 0 spiro atoms. The van der Waals surface area contributed by atoms with Gasteiger partial charge in [0.15, 0.2) is 0 Å². The molecule has 41 heavy (non-hydrogen) atoms. The van der Waals surface area contributed by atoms with E-state index in [4.69, 9.17) is 16.0 Å². The Labute approximate surface area is 243 Å². The van der Waals surface area contributed by atoms with Crippen LogP contribution in [0.3, 0.4) is 0 Å². The molecule has 3 aromatic carbocycles. The molecule has 0 aliphatic rings. The first-order chi connectivity index (χ1) is 19.6. The first-order valence-electron chi connectivity index (χ1n) is 12.7. The highest BCUT2D eigenvalue weighted by atomic mass is 35.5. The summed E-state index contributed by atoms with van der Waals surface area (Å²) in [5.41, 5.74) is 4.56. The Hall–Kier alpha value is -4.25. The molecule has 1 aromatic heterocycles. The van der Waals surface area contributed by atoms with Gasteiger partial charge in [0.25, 0.3) is 0 Å². The smallest absolute Gasteiger partial charge is 0.329 e. The summed E-state index contributed by atoms with van der Waals surface area (Å²) in [6, 6.07) is 25.6. The van der Waals surface area contributed by atoms with Crippen molar-refractivity contribution < 1.29 is 22.4 Å². The molecule has 4 rings (SSSR count). The molecule has 1 heterocycles. The highest BCUT2D eigenvalue weighted by Crippen LogP contribution is 2.23. The molecule has 0 atom stereocenters. The minimum atomic E-state index is -3.90. The van der Waals surface area contributed by atoms with Crippen LogP contribution in [0.4, 0.5) is 5.69 Å². The van der Waals surface area contributed by atoms with E-state index in [1.165, 1.54) is 34.8 Å². The largest absolute Gasteiger partial charge is 0.459 e. The van der Waals surface area contributed by atoms with Crippen LogP contribution in [0, 0.1) is 0 Å². The number of benzene rings is 3. The van der Waals surface area contributed by atoms with E-state index in [1.807, 2.05) is 42.5 Å². The molecular weight excluding hydrogens is 564 g/mol. The Morgan fingerprint density at radius 1 is 0.902 bits per heavy atom. The fraction of sp³-hybridized carbons (Fsp3) is 0.167. The molecule has 0 radical (unpaired) electrons. The van der Waals surface area contributed by atoms with Crippen LogP contribution in [-0.4, -0.2) is 30.8 Å². The van der Waals surface area contributed by atoms with Gasteiger partial charge in [0.2, 0.25) is 10.0 Å². The second-order valence-corrected chi connectivity index (χ2v) is 11.8. The molecule has 0 bridgehead atoms. The zero-order valence-corrected chi connectivity index (χ0v) is 24.0. The zero-order chi connectivity index (χ0) is 29.4. The number of halogens is 1. The highest BCUT2D eigenvalue weighted by molar-refractivity contribution is 7.89. The van der Waals surface area contributed by atoms with E-state index in [1.54, 1.807) is 24.3 Å². The summed E-state index contributed by atoms with van der Waals surface area (Å²) in [5, 5.41) is 6.73. The third-order valence-electron chi connectivity index (χ3n) is 6.07. The second-order valence-electron chi connectivity index (χ2n) is 9.45. The predicted octanol–water partition coefficient (Wildman–Crippen LogP) is 5.54. The summed E-state index contributed by atoms with van der Waals surface area (Å²) in [4.78, 5) is 24.4. The van der Waals surface area contributed by atoms with E-state index < -0.39 is 21.8 Å². The first kappa shape index (κ1) is 29.7. The van der Waals surface area contributed by atoms with Crippen LogP contribution in [0.5, 0.6) is 0 Å². The summed E-state index contributed by atoms with van der Waals surface area (Å²) >= 11 is 5.95. The van der Waals surface area contributed by atoms with Gasteiger partial charge < -0.3 is 9.73 Å². The van der Waals surface area contributed by atoms with Gasteiger partial charge in [-0.2, -0.15) is 9.41 Å². The number of nitrogens with zero attached hydrogens (tertiary/aromatic N) is 2. The van der Waals surface area contributed by atoms with Crippen LogP contribution < -0.4 is 10.7 Å². The molecule has 0 aliphatic heterocycles. The summed E-state index contributed by atoms with van der Waals surface area (Å²) in [6.07, 6.45) is 1.22. The van der Waals surface area contributed by atoms with Crippen LogP contribution in [0.1, 0.15) is 42.4 Å². The molecular formula is C30H29ClN4O5S. The monoisotopic (exact) mass is 592 g/mol. The van der Waals surface area contributed by atoms with Crippen molar-refractivity contribution in [2.24, 2.45) is 5.10 Å². The van der Waals surface area contributed by atoms with Crippen molar-refractivity contribution in [1.82, 2.24) is 9.73 Å². The average Bonchev–Trinajstić information content (AvgIpc) is 3.41. The SMILES string of the molecule is CC(C)c1ccc(NC(=O)C(=O)N/N=C/c2ccc(CN(Cc3ccccc3)S(=O)(=O)c3ccc(Cl)cc3)o2)cc1. The number of sulfonamides is 1. The molecule has 212 valence electrons. The molecule has 2 N–H and O–H groups in total. The third-order valence-corrected chi connectivity index (χ3v) is 8.13. The van der Waals surface area contributed by atoms with Crippen LogP contribution in [0.15, 0.2) is 105 Å². The van der Waals surface area contributed by atoms with Crippen LogP contribution in [-0.2, 0) is 32.7 Å². The van der Waals surface area contributed by atoms with Crippen molar-refractivity contribution >= 4 is 45.3 Å². The minimum absolute atomic E-state index is 0.0575. The predicted molar refractivity (Wildman–Crippen MR) is 158 cm³/mol. The summed E-state index contributed by atoms with van der Waals surface area (Å²) in [7, 11) is -3.90. The Morgan fingerprint density at radius 2 is 1.59 bits per heavy atom. The fourth-order valence-corrected chi connectivity index (χ4v) is 5.36. The van der Waals surface area contributed by atoms with Gasteiger partial charge in [0, 0.05) is 17.3 Å². The van der Waals surface area contributed by atoms with Crippen molar-refractivity contribution in [2.45, 2.75) is 37.8 Å². The number of hydrazone groups is 1. The lowest BCUT2D eigenvalue weighted by atomic mass is 10.0. The lowest BCUT2D eigenvalue weighted by Gasteiger charge is -2.21. The van der Waals surface area contributed by atoms with Gasteiger partial charge in [-0.15, -0.1) is 0 Å². The Kier molecular flexibility index (Phi) is 9.72. The van der Waals surface area contributed by atoms with Gasteiger partial charge in [-0.05, 0) is 65.6 Å². The number of carbonyl (C=O) groups excluding carboxylic acids is 2. The van der Waals surface area contributed by atoms with Gasteiger partial charge in [-0.1, -0.05) is 67.9 Å². The number of anilines is 1. The summed E-state index contributed by atoms with van der Waals surface area (Å²) in [6.45, 7) is 4.18. The van der Waals surface area contributed by atoms with Crippen molar-refractivity contribution in [3.8, 4) is 0 Å². The Morgan fingerprint density at radius 3 is 2.24 bits per heavy atom. The molecule has 0 unspecified atom stereocenters. The second kappa shape index (κ2) is 13.4. The van der Waals surface area contributed by atoms with Crippen LogP contribution >= 0.6 is 11.6 Å². The number of furan rings is 1. The fourth-order valence-electron chi connectivity index (χ4n) is 3.84. The lowest BCUT2D eigenvalue weighted by Crippen LogP contribution is -2.32. The molecule has 11 heteroatoms. The van der Waals surface area contributed by atoms with E-state index in [9.17, 15) is 18.0 Å². The van der Waals surface area contributed by atoms with Crippen LogP contribution in [0.25, 0.3) is 0 Å². The van der Waals surface area contributed by atoms with Crippen molar-refractivity contribution in [3.05, 3.63) is 119 Å². The molecule has 0 aliphatic carbocycles. The first-order valence-corrected chi connectivity index (χ1v) is 14.6. The maximum Gasteiger partial charge on any atom is 0.329 e. The van der Waals surface area contributed by atoms with Crippen molar-refractivity contribution in [2.75, 3.05) is 5.32 Å². The maximum atomic E-state index is 13.5. The highest BCUT2D eigenvalue weighted by Gasteiger charge is 2.26. The van der Waals surface area contributed by atoms with E-state index in [-0.39, 0.29) is 23.7 Å². The maximum absolute atomic E-state index is 13.5. The van der Waals surface area contributed by atoms with Crippen LogP contribution in [0.2, 0.25) is 5.02 Å². The van der Waals surface area contributed by atoms with E-state index >= 15 is 0 Å². The zero-order valence-electron chi connectivity index (χ0n) is 22.5. The topological polar surface area (TPSA) is 121 Å². The number of hydrogen-bond donors (Lipinski definition) is 2. The molecule has 0 saturated carbocycles. The van der Waals surface area contributed by atoms with Crippen molar-refractivity contribution in [3.63, 3.8) is 0 Å². The summed E-state index contributed by atoms with van der Waals surface area (Å²) < 4.78 is 34.0. The van der Waals surface area contributed by atoms with Gasteiger partial charge in [0.05, 0.1) is 17.7 Å². The van der Waals surface area contributed by atoms with Gasteiger partial charge >= 0.3 is 11.8 Å². The van der Waals surface area contributed by atoms with Gasteiger partial charge in [-0.3, -0.25) is 9.59 Å². The number of hydrogen-bond acceptors (Lipinski definition) is 6.